The van der Waals surface area contributed by atoms with E-state index in [0.29, 0.717) is 23.0 Å². The number of anilines is 1. The number of carbonyl (C=O) groups is 1. The van der Waals surface area contributed by atoms with Crippen molar-refractivity contribution in [2.45, 2.75) is 31.7 Å². The lowest BCUT2D eigenvalue weighted by Gasteiger charge is -2.39. The van der Waals surface area contributed by atoms with Crippen molar-refractivity contribution in [3.05, 3.63) is 59.4 Å². The van der Waals surface area contributed by atoms with E-state index in [2.05, 4.69) is 15.0 Å². The zero-order valence-corrected chi connectivity index (χ0v) is 18.3. The van der Waals surface area contributed by atoms with Gasteiger partial charge in [0.05, 0.1) is 35.2 Å². The summed E-state index contributed by atoms with van der Waals surface area (Å²) in [5.74, 6) is -1.39. The van der Waals surface area contributed by atoms with Crippen LogP contribution in [0.3, 0.4) is 0 Å². The zero-order valence-electron chi connectivity index (χ0n) is 18.3. The van der Waals surface area contributed by atoms with Crippen molar-refractivity contribution in [1.29, 1.82) is 0 Å². The third-order valence-electron chi connectivity index (χ3n) is 6.55. The highest BCUT2D eigenvalue weighted by Gasteiger charge is 2.47. The number of likely N-dealkylation sites (tertiary alicyclic amines) is 1. The van der Waals surface area contributed by atoms with Gasteiger partial charge in [-0.05, 0) is 30.5 Å². The van der Waals surface area contributed by atoms with Gasteiger partial charge in [-0.25, -0.2) is 19.3 Å². The number of amides is 1. The standard InChI is InChI=1S/C23H18F4N6O2/c1-10-4-17-19(11-2-3-18(23(25,26)27)31-21(11)35-17)32(8-10)22(34)12-5-15-14(6-13(12)24)30-20(28)16-7-29-9-33(15)16/h2-3,5-7,9-10,17,19H,4,8H2,1H3,(H2,28,30)/t10-,17+,19+/m1/s1. The fourth-order valence-corrected chi connectivity index (χ4v) is 5.03. The Labute approximate surface area is 195 Å². The van der Waals surface area contributed by atoms with Crippen molar-refractivity contribution in [3.63, 3.8) is 0 Å². The third kappa shape index (κ3) is 3.27. The van der Waals surface area contributed by atoms with Gasteiger partial charge in [0.15, 0.2) is 0 Å². The summed E-state index contributed by atoms with van der Waals surface area (Å²) >= 11 is 0. The molecule has 0 bridgehead atoms. The maximum atomic E-state index is 15.2. The number of halogens is 4. The molecule has 3 aromatic heterocycles. The van der Waals surface area contributed by atoms with Gasteiger partial charge in [-0.3, -0.25) is 9.20 Å². The number of rotatable bonds is 1. The molecule has 2 aliphatic heterocycles. The number of nitrogens with two attached hydrogens (primary N) is 1. The van der Waals surface area contributed by atoms with Crippen LogP contribution in [0.15, 0.2) is 36.8 Å². The Hall–Kier alpha value is -3.96. The number of imidazole rings is 1. The van der Waals surface area contributed by atoms with Crippen molar-refractivity contribution >= 4 is 28.3 Å². The van der Waals surface area contributed by atoms with Crippen LogP contribution in [-0.2, 0) is 6.18 Å². The first-order chi connectivity index (χ1) is 16.6. The van der Waals surface area contributed by atoms with Crippen LogP contribution < -0.4 is 10.5 Å². The van der Waals surface area contributed by atoms with Crippen molar-refractivity contribution < 1.29 is 27.1 Å². The van der Waals surface area contributed by atoms with Gasteiger partial charge in [-0.2, -0.15) is 13.2 Å². The molecule has 1 saturated heterocycles. The number of hydrogen-bond donors (Lipinski definition) is 1. The molecule has 3 atom stereocenters. The maximum absolute atomic E-state index is 15.2. The lowest BCUT2D eigenvalue weighted by Crippen LogP contribution is -2.47. The molecule has 2 aliphatic rings. The van der Waals surface area contributed by atoms with Crippen molar-refractivity contribution in [3.8, 4) is 5.88 Å². The van der Waals surface area contributed by atoms with Crippen molar-refractivity contribution in [1.82, 2.24) is 24.3 Å². The zero-order chi connectivity index (χ0) is 24.6. The summed E-state index contributed by atoms with van der Waals surface area (Å²) in [6, 6.07) is 4.00. The van der Waals surface area contributed by atoms with Crippen LogP contribution in [0, 0.1) is 11.7 Å². The average Bonchev–Trinajstić information content (AvgIpc) is 3.42. The lowest BCUT2D eigenvalue weighted by atomic mass is 9.88. The van der Waals surface area contributed by atoms with E-state index in [9.17, 15) is 18.0 Å². The average molecular weight is 486 g/mol. The fraction of sp³-hybridized carbons (Fsp3) is 0.304. The molecule has 12 heteroatoms. The summed E-state index contributed by atoms with van der Waals surface area (Å²) in [6.07, 6.45) is -1.69. The molecule has 8 nitrogen and oxygen atoms in total. The second kappa shape index (κ2) is 7.27. The molecule has 5 heterocycles. The molecule has 180 valence electrons. The number of fused-ring (bicyclic) bond motifs is 6. The molecule has 1 fully saturated rings. The summed E-state index contributed by atoms with van der Waals surface area (Å²) < 4.78 is 62.0. The van der Waals surface area contributed by atoms with Crippen LogP contribution in [0.1, 0.15) is 41.0 Å². The Morgan fingerprint density at radius 3 is 2.77 bits per heavy atom. The third-order valence-corrected chi connectivity index (χ3v) is 6.55. The molecule has 2 N–H and O–H groups in total. The molecule has 1 aromatic carbocycles. The van der Waals surface area contributed by atoms with E-state index < -0.39 is 35.7 Å². The number of nitrogen functional groups attached to an aromatic ring is 1. The van der Waals surface area contributed by atoms with Crippen LogP contribution >= 0.6 is 0 Å². The molecule has 0 saturated carbocycles. The monoisotopic (exact) mass is 486 g/mol. The molecular weight excluding hydrogens is 468 g/mol. The van der Waals surface area contributed by atoms with Crippen LogP contribution in [0.5, 0.6) is 5.88 Å². The van der Waals surface area contributed by atoms with E-state index in [4.69, 9.17) is 10.5 Å². The molecule has 0 spiro atoms. The molecule has 0 radical (unpaired) electrons. The predicted molar refractivity (Wildman–Crippen MR) is 116 cm³/mol. The van der Waals surface area contributed by atoms with E-state index in [-0.39, 0.29) is 35.2 Å². The number of pyridine rings is 1. The predicted octanol–water partition coefficient (Wildman–Crippen LogP) is 4.00. The van der Waals surface area contributed by atoms with Crippen molar-refractivity contribution in [2.75, 3.05) is 12.3 Å². The van der Waals surface area contributed by atoms with Gasteiger partial charge >= 0.3 is 6.18 Å². The van der Waals surface area contributed by atoms with E-state index in [0.717, 1.165) is 12.1 Å². The van der Waals surface area contributed by atoms with Gasteiger partial charge in [0.25, 0.3) is 5.91 Å². The number of nitrogens with zero attached hydrogens (tertiary/aromatic N) is 5. The van der Waals surface area contributed by atoms with Crippen molar-refractivity contribution in [2.24, 2.45) is 5.92 Å². The minimum absolute atomic E-state index is 0.0260. The van der Waals surface area contributed by atoms with Gasteiger partial charge in [-0.15, -0.1) is 0 Å². The van der Waals surface area contributed by atoms with Gasteiger partial charge < -0.3 is 15.4 Å². The number of alkyl halides is 3. The van der Waals surface area contributed by atoms with Gasteiger partial charge in [0, 0.05) is 18.2 Å². The number of carbonyl (C=O) groups excluding carboxylic acids is 1. The highest BCUT2D eigenvalue weighted by molar-refractivity contribution is 5.99. The highest BCUT2D eigenvalue weighted by Crippen LogP contribution is 2.46. The number of piperidine rings is 1. The quantitative estimate of drug-likeness (QED) is 0.409. The maximum Gasteiger partial charge on any atom is 0.433 e. The Balaban J connectivity index is 1.44. The Kier molecular flexibility index (Phi) is 4.48. The molecule has 6 rings (SSSR count). The number of hydrogen-bond acceptors (Lipinski definition) is 6. The number of ether oxygens (including phenoxy) is 1. The Morgan fingerprint density at radius 2 is 2.00 bits per heavy atom. The molecular formula is C23H18F4N6O2. The number of benzene rings is 1. The Bertz CT molecular complexity index is 1520. The normalized spacial score (nSPS) is 21.7. The summed E-state index contributed by atoms with van der Waals surface area (Å²) in [7, 11) is 0. The molecule has 4 aromatic rings. The summed E-state index contributed by atoms with van der Waals surface area (Å²) in [4.78, 5) is 27.1. The highest BCUT2D eigenvalue weighted by atomic mass is 19.4. The lowest BCUT2D eigenvalue weighted by molar-refractivity contribution is -0.141. The topological polar surface area (TPSA) is 98.6 Å². The Morgan fingerprint density at radius 1 is 1.20 bits per heavy atom. The van der Waals surface area contributed by atoms with Crippen LogP contribution in [0.4, 0.5) is 23.4 Å². The van der Waals surface area contributed by atoms with Crippen LogP contribution in [0.2, 0.25) is 0 Å². The minimum Gasteiger partial charge on any atom is -0.471 e. The largest absolute Gasteiger partial charge is 0.471 e. The molecule has 1 amide bonds. The second-order valence-electron chi connectivity index (χ2n) is 8.95. The van der Waals surface area contributed by atoms with Gasteiger partial charge in [0.1, 0.15) is 28.9 Å². The minimum atomic E-state index is -4.63. The van der Waals surface area contributed by atoms with E-state index in [1.54, 1.807) is 4.40 Å². The summed E-state index contributed by atoms with van der Waals surface area (Å²) in [6.45, 7) is 2.18. The summed E-state index contributed by atoms with van der Waals surface area (Å²) in [5, 5.41) is 0. The first-order valence-corrected chi connectivity index (χ1v) is 10.9. The van der Waals surface area contributed by atoms with E-state index in [1.807, 2.05) is 6.92 Å². The van der Waals surface area contributed by atoms with Gasteiger partial charge in [0.2, 0.25) is 5.88 Å². The van der Waals surface area contributed by atoms with Crippen LogP contribution in [0.25, 0.3) is 16.6 Å². The van der Waals surface area contributed by atoms with Gasteiger partial charge in [-0.1, -0.05) is 6.92 Å². The van der Waals surface area contributed by atoms with Crippen LogP contribution in [-0.4, -0.2) is 42.8 Å². The van der Waals surface area contributed by atoms with E-state index >= 15 is 4.39 Å². The molecule has 0 aliphatic carbocycles. The summed E-state index contributed by atoms with van der Waals surface area (Å²) in [5.41, 5.74) is 6.24. The number of aromatic nitrogens is 4. The first-order valence-electron chi connectivity index (χ1n) is 10.9. The first kappa shape index (κ1) is 21.6. The van der Waals surface area contributed by atoms with E-state index in [1.165, 1.54) is 29.6 Å². The SMILES string of the molecule is C[C@@H]1C[C@@H]2Oc3nc(C(F)(F)F)ccc3[C@@H]2N(C(=O)c2cc3c(cc2F)nc(N)c2cncn23)C1. The molecule has 35 heavy (non-hydrogen) atoms. The smallest absolute Gasteiger partial charge is 0.433 e. The molecule has 0 unspecified atom stereocenters. The fourth-order valence-electron chi connectivity index (χ4n) is 5.03. The second-order valence-corrected chi connectivity index (χ2v) is 8.95.